The average molecular weight is 279 g/mol. The molecule has 0 amide bonds. The van der Waals surface area contributed by atoms with Crippen LogP contribution >= 0.6 is 0 Å². The standard InChI is InChI=1S/C12H16F3NO3/c13-12(14,15)10-7-9(8-16)1-2-11(10)19-6-5-18-4-3-17/h1-2,7,17H,3-6,8,16H2. The maximum Gasteiger partial charge on any atom is 0.419 e. The largest absolute Gasteiger partial charge is 0.491 e. The minimum Gasteiger partial charge on any atom is -0.491 e. The zero-order chi connectivity index (χ0) is 14.3. The molecule has 0 bridgehead atoms. The Balaban J connectivity index is 2.71. The Hall–Kier alpha value is -1.31. The number of hydrogen-bond donors (Lipinski definition) is 2. The number of nitrogens with two attached hydrogens (primary N) is 1. The van der Waals surface area contributed by atoms with E-state index in [1.165, 1.54) is 12.1 Å². The predicted octanol–water partition coefficient (Wildman–Crippen LogP) is 1.55. The first-order valence-corrected chi connectivity index (χ1v) is 5.70. The van der Waals surface area contributed by atoms with Crippen LogP contribution in [0.2, 0.25) is 0 Å². The Morgan fingerprint density at radius 2 is 1.89 bits per heavy atom. The van der Waals surface area contributed by atoms with Crippen LogP contribution in [0, 0.1) is 0 Å². The van der Waals surface area contributed by atoms with Crippen molar-refractivity contribution in [2.24, 2.45) is 5.73 Å². The van der Waals surface area contributed by atoms with E-state index in [0.717, 1.165) is 6.07 Å². The van der Waals surface area contributed by atoms with E-state index in [0.29, 0.717) is 5.56 Å². The topological polar surface area (TPSA) is 64.7 Å². The van der Waals surface area contributed by atoms with Crippen molar-refractivity contribution in [3.8, 4) is 5.75 Å². The summed E-state index contributed by atoms with van der Waals surface area (Å²) in [5.41, 5.74) is 4.85. The molecular weight excluding hydrogens is 263 g/mol. The third-order valence-corrected chi connectivity index (χ3v) is 2.31. The lowest BCUT2D eigenvalue weighted by Gasteiger charge is -2.15. The Morgan fingerprint density at radius 1 is 1.16 bits per heavy atom. The van der Waals surface area contributed by atoms with Crippen molar-refractivity contribution in [1.29, 1.82) is 0 Å². The molecule has 0 heterocycles. The quantitative estimate of drug-likeness (QED) is 0.743. The lowest BCUT2D eigenvalue weighted by Crippen LogP contribution is -2.14. The van der Waals surface area contributed by atoms with E-state index in [1.807, 2.05) is 0 Å². The summed E-state index contributed by atoms with van der Waals surface area (Å²) in [5.74, 6) is -0.253. The molecule has 0 aromatic heterocycles. The van der Waals surface area contributed by atoms with Gasteiger partial charge < -0.3 is 20.3 Å². The van der Waals surface area contributed by atoms with Gasteiger partial charge in [-0.05, 0) is 17.7 Å². The van der Waals surface area contributed by atoms with E-state index >= 15 is 0 Å². The van der Waals surface area contributed by atoms with E-state index in [-0.39, 0.29) is 38.7 Å². The van der Waals surface area contributed by atoms with Gasteiger partial charge in [0.15, 0.2) is 0 Å². The van der Waals surface area contributed by atoms with Crippen LogP contribution in [0.5, 0.6) is 5.75 Å². The highest BCUT2D eigenvalue weighted by Gasteiger charge is 2.34. The molecule has 0 aliphatic carbocycles. The number of halogens is 3. The van der Waals surface area contributed by atoms with Crippen molar-refractivity contribution >= 4 is 0 Å². The molecule has 0 saturated carbocycles. The number of ether oxygens (including phenoxy) is 2. The summed E-state index contributed by atoms with van der Waals surface area (Å²) in [6.45, 7) is 0.102. The number of aliphatic hydroxyl groups is 1. The molecule has 3 N–H and O–H groups in total. The van der Waals surface area contributed by atoms with Crippen molar-refractivity contribution in [3.63, 3.8) is 0 Å². The van der Waals surface area contributed by atoms with Crippen LogP contribution in [0.1, 0.15) is 11.1 Å². The normalized spacial score (nSPS) is 11.6. The third kappa shape index (κ3) is 5.06. The number of aliphatic hydroxyl groups excluding tert-OH is 1. The number of alkyl halides is 3. The molecule has 0 radical (unpaired) electrons. The molecule has 108 valence electrons. The second-order valence-electron chi connectivity index (χ2n) is 3.72. The summed E-state index contributed by atoms with van der Waals surface area (Å²) >= 11 is 0. The first-order chi connectivity index (χ1) is 8.99. The zero-order valence-corrected chi connectivity index (χ0v) is 10.2. The van der Waals surface area contributed by atoms with Gasteiger partial charge in [-0.3, -0.25) is 0 Å². The number of benzene rings is 1. The Bertz CT molecular complexity index is 396. The molecule has 7 heteroatoms. The van der Waals surface area contributed by atoms with E-state index in [9.17, 15) is 13.2 Å². The van der Waals surface area contributed by atoms with Gasteiger partial charge in [0.1, 0.15) is 12.4 Å². The minimum atomic E-state index is -4.49. The highest BCUT2D eigenvalue weighted by Crippen LogP contribution is 2.36. The van der Waals surface area contributed by atoms with Crippen LogP contribution in [0.15, 0.2) is 18.2 Å². The SMILES string of the molecule is NCc1ccc(OCCOCCO)c(C(F)(F)F)c1. The molecule has 1 rings (SSSR count). The second kappa shape index (κ2) is 7.32. The van der Waals surface area contributed by atoms with Crippen LogP contribution in [0.3, 0.4) is 0 Å². The van der Waals surface area contributed by atoms with Crippen molar-refractivity contribution < 1.29 is 27.8 Å². The van der Waals surface area contributed by atoms with Gasteiger partial charge >= 0.3 is 6.18 Å². The van der Waals surface area contributed by atoms with E-state index in [1.54, 1.807) is 0 Å². The molecule has 0 saturated heterocycles. The minimum absolute atomic E-state index is 0.0228. The summed E-state index contributed by atoms with van der Waals surface area (Å²) in [7, 11) is 0. The molecule has 0 aliphatic heterocycles. The maximum atomic E-state index is 12.8. The van der Waals surface area contributed by atoms with Gasteiger partial charge in [-0.25, -0.2) is 0 Å². The lowest BCUT2D eigenvalue weighted by molar-refractivity contribution is -0.139. The smallest absolute Gasteiger partial charge is 0.419 e. The van der Waals surface area contributed by atoms with Crippen molar-refractivity contribution in [1.82, 2.24) is 0 Å². The first kappa shape index (κ1) is 15.7. The summed E-state index contributed by atoms with van der Waals surface area (Å²) in [4.78, 5) is 0. The van der Waals surface area contributed by atoms with Crippen LogP contribution in [0.25, 0.3) is 0 Å². The molecule has 19 heavy (non-hydrogen) atoms. The van der Waals surface area contributed by atoms with E-state index in [4.69, 9.17) is 20.3 Å². The fourth-order valence-corrected chi connectivity index (χ4v) is 1.43. The van der Waals surface area contributed by atoms with Gasteiger partial charge in [0.25, 0.3) is 0 Å². The summed E-state index contributed by atoms with van der Waals surface area (Å²) in [6, 6.07) is 3.71. The molecule has 1 aromatic rings. The highest BCUT2D eigenvalue weighted by molar-refractivity contribution is 5.39. The summed E-state index contributed by atoms with van der Waals surface area (Å²) in [6.07, 6.45) is -4.49. The average Bonchev–Trinajstić information content (AvgIpc) is 2.37. The molecular formula is C12H16F3NO3. The second-order valence-corrected chi connectivity index (χ2v) is 3.72. The first-order valence-electron chi connectivity index (χ1n) is 5.70. The highest BCUT2D eigenvalue weighted by atomic mass is 19.4. The van der Waals surface area contributed by atoms with Gasteiger partial charge in [-0.2, -0.15) is 13.2 Å². The fourth-order valence-electron chi connectivity index (χ4n) is 1.43. The number of rotatable bonds is 7. The van der Waals surface area contributed by atoms with Crippen molar-refractivity contribution in [3.05, 3.63) is 29.3 Å². The van der Waals surface area contributed by atoms with Crippen LogP contribution in [-0.4, -0.2) is 31.5 Å². The van der Waals surface area contributed by atoms with Gasteiger partial charge in [0, 0.05) is 6.54 Å². The molecule has 0 atom stereocenters. The molecule has 4 nitrogen and oxygen atoms in total. The summed E-state index contributed by atoms with van der Waals surface area (Å²) < 4.78 is 48.4. The van der Waals surface area contributed by atoms with Crippen LogP contribution in [0.4, 0.5) is 13.2 Å². The van der Waals surface area contributed by atoms with Gasteiger partial charge in [-0.15, -0.1) is 0 Å². The Morgan fingerprint density at radius 3 is 2.47 bits per heavy atom. The van der Waals surface area contributed by atoms with E-state index < -0.39 is 11.7 Å². The molecule has 0 fully saturated rings. The predicted molar refractivity (Wildman–Crippen MR) is 62.7 cm³/mol. The molecule has 0 unspecified atom stereocenters. The van der Waals surface area contributed by atoms with Crippen molar-refractivity contribution in [2.45, 2.75) is 12.7 Å². The Kier molecular flexibility index (Phi) is 6.07. The lowest BCUT2D eigenvalue weighted by atomic mass is 10.1. The summed E-state index contributed by atoms with van der Waals surface area (Å²) in [5, 5.41) is 8.46. The van der Waals surface area contributed by atoms with Crippen LogP contribution in [-0.2, 0) is 17.5 Å². The van der Waals surface area contributed by atoms with Crippen molar-refractivity contribution in [2.75, 3.05) is 26.4 Å². The van der Waals surface area contributed by atoms with Gasteiger partial charge in [0.2, 0.25) is 0 Å². The maximum absolute atomic E-state index is 12.8. The fraction of sp³-hybridized carbons (Fsp3) is 0.500. The number of hydrogen-bond acceptors (Lipinski definition) is 4. The molecule has 0 aliphatic rings. The van der Waals surface area contributed by atoms with Crippen LogP contribution < -0.4 is 10.5 Å². The molecule has 0 spiro atoms. The zero-order valence-electron chi connectivity index (χ0n) is 10.2. The Labute approximate surface area is 108 Å². The molecule has 1 aromatic carbocycles. The third-order valence-electron chi connectivity index (χ3n) is 2.31. The monoisotopic (exact) mass is 279 g/mol. The van der Waals surface area contributed by atoms with Gasteiger partial charge in [0.05, 0.1) is 25.4 Å². The van der Waals surface area contributed by atoms with Gasteiger partial charge in [-0.1, -0.05) is 6.07 Å². The van der Waals surface area contributed by atoms with E-state index in [2.05, 4.69) is 0 Å².